The summed E-state index contributed by atoms with van der Waals surface area (Å²) in [6.45, 7) is 5.93. The molecule has 1 aliphatic heterocycles. The molecule has 1 heterocycles. The first-order valence-corrected chi connectivity index (χ1v) is 11.6. The molecule has 1 N–H and O–H groups in total. The van der Waals surface area contributed by atoms with Gasteiger partial charge in [0.05, 0.1) is 19.8 Å². The van der Waals surface area contributed by atoms with Crippen LogP contribution >= 0.6 is 0 Å². The van der Waals surface area contributed by atoms with Gasteiger partial charge in [0.15, 0.2) is 6.29 Å². The number of rotatable bonds is 13. The van der Waals surface area contributed by atoms with Crippen molar-refractivity contribution in [1.82, 2.24) is 0 Å². The van der Waals surface area contributed by atoms with Crippen LogP contribution in [0.3, 0.4) is 0 Å². The Labute approximate surface area is 201 Å². The topological polar surface area (TPSA) is 83.5 Å². The molecule has 0 bridgehead atoms. The number of carbonyl (C=O) groups excluding carboxylic acids is 1. The molecule has 3 rings (SSSR count). The maximum atomic E-state index is 11.4. The van der Waals surface area contributed by atoms with Crippen LogP contribution in [0.1, 0.15) is 30.9 Å². The average molecular weight is 471 g/mol. The lowest BCUT2D eigenvalue weighted by Crippen LogP contribution is -2.61. The maximum Gasteiger partial charge on any atom is 0.302 e. The van der Waals surface area contributed by atoms with E-state index in [2.05, 4.69) is 6.58 Å². The fourth-order valence-electron chi connectivity index (χ4n) is 3.69. The van der Waals surface area contributed by atoms with E-state index in [9.17, 15) is 9.90 Å². The Morgan fingerprint density at radius 1 is 0.971 bits per heavy atom. The zero-order valence-corrected chi connectivity index (χ0v) is 19.6. The Bertz CT molecular complexity index is 858. The summed E-state index contributed by atoms with van der Waals surface area (Å²) >= 11 is 0. The van der Waals surface area contributed by atoms with E-state index < -0.39 is 36.7 Å². The first kappa shape index (κ1) is 26.1. The summed E-state index contributed by atoms with van der Waals surface area (Å²) in [5, 5.41) is 11.1. The van der Waals surface area contributed by atoms with Gasteiger partial charge in [0.2, 0.25) is 0 Å². The number of benzene rings is 2. The first-order valence-electron chi connectivity index (χ1n) is 11.6. The molecule has 0 saturated carbocycles. The third-order valence-electron chi connectivity index (χ3n) is 5.47. The minimum Gasteiger partial charge on any atom is -0.463 e. The molecule has 0 aliphatic carbocycles. The van der Waals surface area contributed by atoms with Gasteiger partial charge in [-0.1, -0.05) is 66.7 Å². The van der Waals surface area contributed by atoms with Crippen LogP contribution in [0.4, 0.5) is 0 Å². The van der Waals surface area contributed by atoms with Gasteiger partial charge in [-0.05, 0) is 24.0 Å². The zero-order chi connectivity index (χ0) is 24.2. The molecule has 1 saturated heterocycles. The van der Waals surface area contributed by atoms with Crippen molar-refractivity contribution in [2.45, 2.75) is 63.7 Å². The molecular weight excluding hydrogens is 436 g/mol. The van der Waals surface area contributed by atoms with Crippen molar-refractivity contribution < 1.29 is 33.6 Å². The highest BCUT2D eigenvalue weighted by atomic mass is 16.7. The van der Waals surface area contributed by atoms with Gasteiger partial charge in [-0.15, -0.1) is 6.58 Å². The highest BCUT2D eigenvalue weighted by Gasteiger charge is 2.47. The lowest BCUT2D eigenvalue weighted by molar-refractivity contribution is -0.320. The van der Waals surface area contributed by atoms with Crippen molar-refractivity contribution in [3.8, 4) is 0 Å². The molecule has 2 aromatic carbocycles. The maximum absolute atomic E-state index is 11.4. The molecule has 7 heteroatoms. The van der Waals surface area contributed by atoms with E-state index in [0.29, 0.717) is 13.2 Å². The smallest absolute Gasteiger partial charge is 0.302 e. The van der Waals surface area contributed by atoms with Gasteiger partial charge in [-0.25, -0.2) is 0 Å². The Morgan fingerprint density at radius 3 is 2.12 bits per heavy atom. The molecule has 0 amide bonds. The molecule has 184 valence electrons. The third-order valence-corrected chi connectivity index (χ3v) is 5.47. The normalized spacial score (nSPS) is 24.5. The molecule has 2 aromatic rings. The van der Waals surface area contributed by atoms with Crippen molar-refractivity contribution in [2.24, 2.45) is 0 Å². The minimum absolute atomic E-state index is 0.111. The fourth-order valence-corrected chi connectivity index (χ4v) is 3.69. The predicted octanol–water partition coefficient (Wildman–Crippen LogP) is 3.79. The largest absolute Gasteiger partial charge is 0.463 e. The van der Waals surface area contributed by atoms with Crippen LogP contribution in [0.5, 0.6) is 0 Å². The average Bonchev–Trinajstić information content (AvgIpc) is 2.86. The van der Waals surface area contributed by atoms with Crippen molar-refractivity contribution in [2.75, 3.05) is 13.2 Å². The van der Waals surface area contributed by atoms with E-state index in [1.807, 2.05) is 66.7 Å². The molecule has 1 aliphatic rings. The molecule has 0 unspecified atom stereocenters. The van der Waals surface area contributed by atoms with E-state index in [-0.39, 0.29) is 13.2 Å². The molecule has 5 atom stereocenters. The zero-order valence-electron chi connectivity index (χ0n) is 19.6. The van der Waals surface area contributed by atoms with Crippen molar-refractivity contribution in [3.63, 3.8) is 0 Å². The van der Waals surface area contributed by atoms with Gasteiger partial charge in [0.25, 0.3) is 0 Å². The molecule has 1 fully saturated rings. The second kappa shape index (κ2) is 14.0. The van der Waals surface area contributed by atoms with Crippen LogP contribution < -0.4 is 0 Å². The minimum atomic E-state index is -1.09. The summed E-state index contributed by atoms with van der Waals surface area (Å²) in [7, 11) is 0. The number of ether oxygens (including phenoxy) is 5. The summed E-state index contributed by atoms with van der Waals surface area (Å²) in [6.07, 6.45) is -0.773. The number of esters is 1. The SMILES string of the molecule is C=CCCCO[C@@H]1O[C@H](COC(C)=O)[C@H](O)[C@H](OCc2ccccc2)[C@H]1OCc1ccccc1. The first-order chi connectivity index (χ1) is 16.6. The van der Waals surface area contributed by atoms with E-state index in [0.717, 1.165) is 24.0 Å². The van der Waals surface area contributed by atoms with E-state index >= 15 is 0 Å². The van der Waals surface area contributed by atoms with Crippen LogP contribution in [-0.4, -0.2) is 55.0 Å². The van der Waals surface area contributed by atoms with Crippen LogP contribution in [0.2, 0.25) is 0 Å². The van der Waals surface area contributed by atoms with E-state index in [1.54, 1.807) is 0 Å². The standard InChI is InChI=1S/C27H34O7/c1-3-4-11-16-30-27-26(33-18-22-14-9-6-10-15-22)25(32-17-21-12-7-5-8-13-21)24(29)23(34-27)19-31-20(2)28/h3,5-10,12-15,23-27,29H,1,4,11,16-19H2,2H3/t23-,24+,25+,26-,27-/m1/s1. The summed E-state index contributed by atoms with van der Waals surface area (Å²) in [4.78, 5) is 11.4. The number of aliphatic hydroxyl groups excluding tert-OH is 1. The highest BCUT2D eigenvalue weighted by molar-refractivity contribution is 5.65. The quantitative estimate of drug-likeness (QED) is 0.271. The third kappa shape index (κ3) is 8.04. The Hall–Kier alpha value is -2.55. The Kier molecular flexibility index (Phi) is 10.7. The van der Waals surface area contributed by atoms with Crippen LogP contribution in [-0.2, 0) is 41.7 Å². The summed E-state index contributed by atoms with van der Waals surface area (Å²) in [5.74, 6) is -0.455. The van der Waals surface area contributed by atoms with Gasteiger partial charge < -0.3 is 28.8 Å². The van der Waals surface area contributed by atoms with Gasteiger partial charge in [0, 0.05) is 6.92 Å². The van der Waals surface area contributed by atoms with Crippen molar-refractivity contribution in [3.05, 3.63) is 84.4 Å². The second-order valence-corrected chi connectivity index (χ2v) is 8.16. The van der Waals surface area contributed by atoms with Crippen molar-refractivity contribution in [1.29, 1.82) is 0 Å². The predicted molar refractivity (Wildman–Crippen MR) is 127 cm³/mol. The number of unbranched alkanes of at least 4 members (excludes halogenated alkanes) is 1. The number of allylic oxidation sites excluding steroid dienone is 1. The highest BCUT2D eigenvalue weighted by Crippen LogP contribution is 2.29. The fraction of sp³-hybridized carbons (Fsp3) is 0.444. The molecular formula is C27H34O7. The summed E-state index contributed by atoms with van der Waals surface area (Å²) in [6, 6.07) is 19.4. The van der Waals surface area contributed by atoms with Gasteiger partial charge in [-0.3, -0.25) is 4.79 Å². The number of hydrogen-bond acceptors (Lipinski definition) is 7. The van der Waals surface area contributed by atoms with E-state index in [1.165, 1.54) is 6.92 Å². The van der Waals surface area contributed by atoms with Crippen LogP contribution in [0.15, 0.2) is 73.3 Å². The van der Waals surface area contributed by atoms with Crippen LogP contribution in [0.25, 0.3) is 0 Å². The Balaban J connectivity index is 1.78. The van der Waals surface area contributed by atoms with Crippen LogP contribution in [0, 0.1) is 0 Å². The molecule has 7 nitrogen and oxygen atoms in total. The second-order valence-electron chi connectivity index (χ2n) is 8.16. The Morgan fingerprint density at radius 2 is 1.56 bits per heavy atom. The van der Waals surface area contributed by atoms with Gasteiger partial charge in [-0.2, -0.15) is 0 Å². The molecule has 34 heavy (non-hydrogen) atoms. The lowest BCUT2D eigenvalue weighted by atomic mass is 9.98. The molecule has 0 radical (unpaired) electrons. The number of carbonyl (C=O) groups is 1. The van der Waals surface area contributed by atoms with Gasteiger partial charge >= 0.3 is 5.97 Å². The number of aliphatic hydroxyl groups is 1. The molecule has 0 spiro atoms. The van der Waals surface area contributed by atoms with Crippen molar-refractivity contribution >= 4 is 5.97 Å². The lowest BCUT2D eigenvalue weighted by Gasteiger charge is -2.44. The van der Waals surface area contributed by atoms with Gasteiger partial charge in [0.1, 0.15) is 31.0 Å². The monoisotopic (exact) mass is 470 g/mol. The summed E-state index contributed by atoms with van der Waals surface area (Å²) in [5.41, 5.74) is 1.94. The summed E-state index contributed by atoms with van der Waals surface area (Å²) < 4.78 is 29.6. The van der Waals surface area contributed by atoms with E-state index in [4.69, 9.17) is 23.7 Å². The number of hydrogen-bond donors (Lipinski definition) is 1. The molecule has 0 aromatic heterocycles.